The quantitative estimate of drug-likeness (QED) is 0.664. The van der Waals surface area contributed by atoms with Gasteiger partial charge >= 0.3 is 0 Å². The van der Waals surface area contributed by atoms with E-state index >= 15 is 0 Å². The van der Waals surface area contributed by atoms with E-state index in [0.717, 1.165) is 0 Å². The van der Waals surface area contributed by atoms with Gasteiger partial charge in [-0.05, 0) is 51.6 Å². The summed E-state index contributed by atoms with van der Waals surface area (Å²) in [4.78, 5) is 5.05. The lowest BCUT2D eigenvalue weighted by atomic mass is 9.87. The molecular weight excluding hydrogens is 232 g/mol. The number of alkyl halides is 1. The van der Waals surface area contributed by atoms with Crippen LogP contribution in [0.15, 0.2) is 11.8 Å². The Bertz CT molecular complexity index is 309. The maximum atomic E-state index is 6.72. The molecule has 0 radical (unpaired) electrons. The van der Waals surface area contributed by atoms with Gasteiger partial charge in [-0.1, -0.05) is 0 Å². The number of hydrogen-bond donors (Lipinski definition) is 0. The van der Waals surface area contributed by atoms with Gasteiger partial charge in [0.1, 0.15) is 0 Å². The van der Waals surface area contributed by atoms with Gasteiger partial charge in [0.05, 0.1) is 5.38 Å². The van der Waals surface area contributed by atoms with E-state index in [-0.39, 0.29) is 5.38 Å². The summed E-state index contributed by atoms with van der Waals surface area (Å²) in [6.45, 7) is 2.44. The summed E-state index contributed by atoms with van der Waals surface area (Å²) < 4.78 is 0. The van der Waals surface area contributed by atoms with Crippen LogP contribution in [0.1, 0.15) is 38.5 Å². The van der Waals surface area contributed by atoms with Crippen molar-refractivity contribution in [3.8, 4) is 0 Å². The van der Waals surface area contributed by atoms with Crippen LogP contribution in [-0.4, -0.2) is 47.4 Å². The Hall–Kier alpha value is -0.210. The van der Waals surface area contributed by atoms with Gasteiger partial charge in [0.25, 0.3) is 0 Å². The molecule has 2 saturated heterocycles. The molecule has 0 N–H and O–H groups in total. The topological polar surface area (TPSA) is 6.48 Å². The second-order valence-corrected chi connectivity index (χ2v) is 6.24. The van der Waals surface area contributed by atoms with E-state index < -0.39 is 0 Å². The Kier molecular flexibility index (Phi) is 3.36. The third-order valence-corrected chi connectivity index (χ3v) is 5.27. The summed E-state index contributed by atoms with van der Waals surface area (Å²) in [5.74, 6) is 0. The summed E-state index contributed by atoms with van der Waals surface area (Å²) >= 11 is 6.72. The smallest absolute Gasteiger partial charge is 0.0886 e. The number of piperidine rings is 2. The van der Waals surface area contributed by atoms with Gasteiger partial charge < -0.3 is 4.90 Å². The first kappa shape index (κ1) is 11.9. The number of likely N-dealkylation sites (N-methyl/N-ethyl adjacent to an activating group) is 1. The Labute approximate surface area is 110 Å². The molecule has 3 aliphatic rings. The van der Waals surface area contributed by atoms with Gasteiger partial charge in [0, 0.05) is 30.9 Å². The fourth-order valence-electron chi connectivity index (χ4n) is 3.66. The van der Waals surface area contributed by atoms with Gasteiger partial charge in [0.15, 0.2) is 0 Å². The molecule has 3 aliphatic heterocycles. The van der Waals surface area contributed by atoms with Crippen LogP contribution in [0.5, 0.6) is 0 Å². The van der Waals surface area contributed by atoms with Crippen molar-refractivity contribution in [2.75, 3.05) is 20.1 Å². The highest BCUT2D eigenvalue weighted by Crippen LogP contribution is 2.36. The molecule has 0 aromatic carbocycles. The van der Waals surface area contributed by atoms with E-state index in [1.165, 1.54) is 57.3 Å². The van der Waals surface area contributed by atoms with Crippen LogP contribution in [0.4, 0.5) is 0 Å². The SMILES string of the molecule is CN1C2C=C(N3CCCCC3)C(Cl)C1CCC2. The molecule has 0 aromatic heterocycles. The second-order valence-electron chi connectivity index (χ2n) is 5.77. The molecule has 3 rings (SSSR count). The third-order valence-electron chi connectivity index (χ3n) is 4.75. The zero-order valence-electron chi connectivity index (χ0n) is 10.7. The van der Waals surface area contributed by atoms with Crippen molar-refractivity contribution in [2.24, 2.45) is 0 Å². The van der Waals surface area contributed by atoms with Crippen LogP contribution in [0, 0.1) is 0 Å². The summed E-state index contributed by atoms with van der Waals surface area (Å²) in [6.07, 6.45) is 10.5. The molecule has 17 heavy (non-hydrogen) atoms. The van der Waals surface area contributed by atoms with Crippen LogP contribution >= 0.6 is 11.6 Å². The molecule has 0 saturated carbocycles. The minimum absolute atomic E-state index is 0.217. The molecular formula is C14H23ClN2. The minimum atomic E-state index is 0.217. The predicted octanol–water partition coefficient (Wildman–Crippen LogP) is 2.83. The predicted molar refractivity (Wildman–Crippen MR) is 72.3 cm³/mol. The van der Waals surface area contributed by atoms with Crippen LogP contribution in [-0.2, 0) is 0 Å². The number of fused-ring (bicyclic) bond motifs is 2. The third kappa shape index (κ3) is 2.10. The van der Waals surface area contributed by atoms with Crippen molar-refractivity contribution in [3.63, 3.8) is 0 Å². The highest BCUT2D eigenvalue weighted by Gasteiger charge is 2.39. The molecule has 96 valence electrons. The zero-order chi connectivity index (χ0) is 11.8. The molecule has 0 amide bonds. The fraction of sp³-hybridized carbons (Fsp3) is 0.857. The van der Waals surface area contributed by atoms with Crippen molar-refractivity contribution in [2.45, 2.75) is 56.0 Å². The van der Waals surface area contributed by atoms with Crippen LogP contribution in [0.2, 0.25) is 0 Å². The Morgan fingerprint density at radius 3 is 2.65 bits per heavy atom. The molecule has 2 fully saturated rings. The highest BCUT2D eigenvalue weighted by atomic mass is 35.5. The molecule has 3 unspecified atom stereocenters. The average Bonchev–Trinajstić information content (AvgIpc) is 2.35. The van der Waals surface area contributed by atoms with E-state index in [1.54, 1.807) is 0 Å². The van der Waals surface area contributed by atoms with Crippen LogP contribution in [0.3, 0.4) is 0 Å². The first-order chi connectivity index (χ1) is 8.27. The molecule has 0 aromatic rings. The lowest BCUT2D eigenvalue weighted by molar-refractivity contribution is 0.115. The molecule has 3 atom stereocenters. The lowest BCUT2D eigenvalue weighted by Gasteiger charge is -2.48. The van der Waals surface area contributed by atoms with Crippen molar-refractivity contribution in [1.82, 2.24) is 9.80 Å². The summed E-state index contributed by atoms with van der Waals surface area (Å²) in [5.41, 5.74) is 1.44. The second kappa shape index (κ2) is 4.81. The van der Waals surface area contributed by atoms with Crippen LogP contribution < -0.4 is 0 Å². The fourth-order valence-corrected chi connectivity index (χ4v) is 4.18. The molecule has 0 aliphatic carbocycles. The summed E-state index contributed by atoms with van der Waals surface area (Å²) in [5, 5.41) is 0.217. The lowest BCUT2D eigenvalue weighted by Crippen LogP contribution is -2.54. The Morgan fingerprint density at radius 1 is 1.12 bits per heavy atom. The van der Waals surface area contributed by atoms with Crippen LogP contribution in [0.25, 0.3) is 0 Å². The van der Waals surface area contributed by atoms with Crippen molar-refractivity contribution in [1.29, 1.82) is 0 Å². The van der Waals surface area contributed by atoms with Crippen molar-refractivity contribution >= 4 is 11.6 Å². The standard InChI is InChI=1S/C14H23ClN2/c1-16-11-6-5-7-12(16)14(15)13(10-11)17-8-3-2-4-9-17/h10-12,14H,2-9H2,1H3. The highest BCUT2D eigenvalue weighted by molar-refractivity contribution is 6.23. The molecule has 0 spiro atoms. The summed E-state index contributed by atoms with van der Waals surface area (Å²) in [7, 11) is 2.24. The van der Waals surface area contributed by atoms with Crippen molar-refractivity contribution in [3.05, 3.63) is 11.8 Å². The van der Waals surface area contributed by atoms with Gasteiger partial charge in [0.2, 0.25) is 0 Å². The molecule has 3 heteroatoms. The number of halogens is 1. The van der Waals surface area contributed by atoms with E-state index in [0.29, 0.717) is 12.1 Å². The monoisotopic (exact) mass is 254 g/mol. The van der Waals surface area contributed by atoms with Gasteiger partial charge in [-0.15, -0.1) is 11.6 Å². The summed E-state index contributed by atoms with van der Waals surface area (Å²) in [6, 6.07) is 1.21. The van der Waals surface area contributed by atoms with E-state index in [2.05, 4.69) is 22.9 Å². The normalized spacial score (nSPS) is 39.1. The van der Waals surface area contributed by atoms with Gasteiger partial charge in [-0.2, -0.15) is 0 Å². The first-order valence-corrected chi connectivity index (χ1v) is 7.53. The number of hydrogen-bond acceptors (Lipinski definition) is 2. The van der Waals surface area contributed by atoms with E-state index in [9.17, 15) is 0 Å². The van der Waals surface area contributed by atoms with E-state index in [4.69, 9.17) is 11.6 Å². The molecule has 3 heterocycles. The Balaban J connectivity index is 1.83. The van der Waals surface area contributed by atoms with Gasteiger partial charge in [-0.25, -0.2) is 0 Å². The number of rotatable bonds is 1. The zero-order valence-corrected chi connectivity index (χ0v) is 11.5. The minimum Gasteiger partial charge on any atom is -0.374 e. The largest absolute Gasteiger partial charge is 0.374 e. The van der Waals surface area contributed by atoms with Crippen molar-refractivity contribution < 1.29 is 0 Å². The maximum Gasteiger partial charge on any atom is 0.0886 e. The maximum absolute atomic E-state index is 6.72. The molecule has 2 nitrogen and oxygen atoms in total. The molecule has 2 bridgehead atoms. The number of nitrogens with zero attached hydrogens (tertiary/aromatic N) is 2. The van der Waals surface area contributed by atoms with Gasteiger partial charge in [-0.3, -0.25) is 4.90 Å². The number of likely N-dealkylation sites (tertiary alicyclic amines) is 1. The van der Waals surface area contributed by atoms with E-state index in [1.807, 2.05) is 0 Å². The first-order valence-electron chi connectivity index (χ1n) is 7.10. The average molecular weight is 255 g/mol. The Morgan fingerprint density at radius 2 is 1.88 bits per heavy atom.